The summed E-state index contributed by atoms with van der Waals surface area (Å²) in [4.78, 5) is 15.6. The molecule has 2 aliphatic heterocycles. The van der Waals surface area contributed by atoms with E-state index in [2.05, 4.69) is 18.5 Å². The Kier molecular flexibility index (Phi) is 5.00. The SMILES string of the molecule is C=CC.CCOC(=O)N1CCC2(CN(C)C2)C1. The lowest BCUT2D eigenvalue weighted by atomic mass is 9.80. The first-order chi connectivity index (χ1) is 8.06. The second-order valence-corrected chi connectivity index (χ2v) is 4.95. The average Bonchev–Trinajstić information content (AvgIpc) is 2.64. The van der Waals surface area contributed by atoms with Gasteiger partial charge < -0.3 is 14.5 Å². The first-order valence-corrected chi connectivity index (χ1v) is 6.24. The fourth-order valence-corrected chi connectivity index (χ4v) is 2.66. The molecular weight excluding hydrogens is 216 g/mol. The van der Waals surface area contributed by atoms with Gasteiger partial charge in [-0.3, -0.25) is 0 Å². The molecule has 0 aromatic rings. The van der Waals surface area contributed by atoms with Gasteiger partial charge in [-0.15, -0.1) is 6.58 Å². The predicted octanol–water partition coefficient (Wildman–Crippen LogP) is 1.97. The van der Waals surface area contributed by atoms with Crippen LogP contribution < -0.4 is 0 Å². The topological polar surface area (TPSA) is 32.8 Å². The summed E-state index contributed by atoms with van der Waals surface area (Å²) in [7, 11) is 2.12. The average molecular weight is 240 g/mol. The van der Waals surface area contributed by atoms with Gasteiger partial charge in [0.15, 0.2) is 0 Å². The van der Waals surface area contributed by atoms with Crippen LogP contribution in [0, 0.1) is 5.41 Å². The number of ether oxygens (including phenoxy) is 1. The van der Waals surface area contributed by atoms with E-state index in [0.29, 0.717) is 12.0 Å². The Morgan fingerprint density at radius 3 is 2.53 bits per heavy atom. The van der Waals surface area contributed by atoms with E-state index in [1.54, 1.807) is 6.08 Å². The molecule has 0 saturated carbocycles. The molecule has 4 heteroatoms. The number of amides is 1. The normalized spacial score (nSPS) is 21.5. The van der Waals surface area contributed by atoms with Crippen molar-refractivity contribution in [2.24, 2.45) is 5.41 Å². The van der Waals surface area contributed by atoms with E-state index in [0.717, 1.165) is 32.6 Å². The molecule has 2 rings (SSSR count). The lowest BCUT2D eigenvalue weighted by Crippen LogP contribution is -2.55. The predicted molar refractivity (Wildman–Crippen MR) is 69.0 cm³/mol. The molecule has 1 amide bonds. The summed E-state index contributed by atoms with van der Waals surface area (Å²) < 4.78 is 4.99. The van der Waals surface area contributed by atoms with Gasteiger partial charge in [0.1, 0.15) is 0 Å². The zero-order chi connectivity index (χ0) is 12.9. The molecule has 0 unspecified atom stereocenters. The molecule has 17 heavy (non-hydrogen) atoms. The van der Waals surface area contributed by atoms with Gasteiger partial charge in [0.2, 0.25) is 0 Å². The Morgan fingerprint density at radius 2 is 2.06 bits per heavy atom. The number of nitrogens with zero attached hydrogens (tertiary/aromatic N) is 2. The van der Waals surface area contributed by atoms with Crippen molar-refractivity contribution in [3.63, 3.8) is 0 Å². The standard InChI is InChI=1S/C10H18N2O2.C3H6/c1-3-14-9(13)12-5-4-10(8-12)6-11(2)7-10;1-3-2/h3-8H2,1-2H3;3H,1H2,2H3. The number of hydrogen-bond acceptors (Lipinski definition) is 3. The summed E-state index contributed by atoms with van der Waals surface area (Å²) in [6.45, 7) is 11.6. The first-order valence-electron chi connectivity index (χ1n) is 6.24. The van der Waals surface area contributed by atoms with Crippen molar-refractivity contribution in [3.8, 4) is 0 Å². The van der Waals surface area contributed by atoms with Crippen LogP contribution >= 0.6 is 0 Å². The highest BCUT2D eigenvalue weighted by Gasteiger charge is 2.47. The van der Waals surface area contributed by atoms with Crippen molar-refractivity contribution in [1.29, 1.82) is 0 Å². The Hall–Kier alpha value is -1.03. The fourth-order valence-electron chi connectivity index (χ4n) is 2.66. The molecule has 0 radical (unpaired) electrons. The smallest absolute Gasteiger partial charge is 0.409 e. The maximum absolute atomic E-state index is 11.4. The van der Waals surface area contributed by atoms with Crippen LogP contribution in [-0.4, -0.2) is 55.7 Å². The number of carbonyl (C=O) groups is 1. The lowest BCUT2D eigenvalue weighted by molar-refractivity contribution is 0.0289. The summed E-state index contributed by atoms with van der Waals surface area (Å²) in [5.41, 5.74) is 0.390. The minimum Gasteiger partial charge on any atom is -0.450 e. The maximum atomic E-state index is 11.4. The molecule has 2 saturated heterocycles. The van der Waals surface area contributed by atoms with Crippen LogP contribution in [0.25, 0.3) is 0 Å². The fraction of sp³-hybridized carbons (Fsp3) is 0.769. The summed E-state index contributed by atoms with van der Waals surface area (Å²) in [5, 5.41) is 0. The van der Waals surface area contributed by atoms with Crippen LogP contribution in [0.4, 0.5) is 4.79 Å². The van der Waals surface area contributed by atoms with Crippen molar-refractivity contribution in [2.45, 2.75) is 20.3 Å². The van der Waals surface area contributed by atoms with Crippen molar-refractivity contribution in [3.05, 3.63) is 12.7 Å². The van der Waals surface area contributed by atoms with E-state index >= 15 is 0 Å². The number of carbonyl (C=O) groups excluding carboxylic acids is 1. The maximum Gasteiger partial charge on any atom is 0.409 e. The molecule has 2 fully saturated rings. The number of allylic oxidation sites excluding steroid dienone is 1. The molecule has 0 aliphatic carbocycles. The Labute approximate surface area is 104 Å². The van der Waals surface area contributed by atoms with Crippen molar-refractivity contribution in [1.82, 2.24) is 9.80 Å². The Morgan fingerprint density at radius 1 is 1.47 bits per heavy atom. The highest BCUT2D eigenvalue weighted by Crippen LogP contribution is 2.38. The molecule has 0 bridgehead atoms. The third-order valence-electron chi connectivity index (χ3n) is 3.17. The molecule has 0 atom stereocenters. The van der Waals surface area contributed by atoms with Crippen LogP contribution in [0.2, 0.25) is 0 Å². The molecule has 0 aromatic carbocycles. The molecule has 4 nitrogen and oxygen atoms in total. The van der Waals surface area contributed by atoms with Crippen molar-refractivity contribution < 1.29 is 9.53 Å². The van der Waals surface area contributed by atoms with Crippen LogP contribution in [0.15, 0.2) is 12.7 Å². The van der Waals surface area contributed by atoms with Gasteiger partial charge in [0, 0.05) is 31.6 Å². The van der Waals surface area contributed by atoms with E-state index in [4.69, 9.17) is 4.74 Å². The summed E-state index contributed by atoms with van der Waals surface area (Å²) in [6, 6.07) is 0. The van der Waals surface area contributed by atoms with Gasteiger partial charge in [-0.05, 0) is 27.3 Å². The highest BCUT2D eigenvalue weighted by atomic mass is 16.6. The second-order valence-electron chi connectivity index (χ2n) is 4.95. The zero-order valence-corrected chi connectivity index (χ0v) is 11.2. The molecule has 2 aliphatic rings. The van der Waals surface area contributed by atoms with Crippen LogP contribution in [0.1, 0.15) is 20.3 Å². The van der Waals surface area contributed by atoms with E-state index in [1.165, 1.54) is 0 Å². The van der Waals surface area contributed by atoms with Gasteiger partial charge in [-0.1, -0.05) is 6.08 Å². The summed E-state index contributed by atoms with van der Waals surface area (Å²) in [5.74, 6) is 0. The van der Waals surface area contributed by atoms with Gasteiger partial charge in [0.25, 0.3) is 0 Å². The van der Waals surface area contributed by atoms with Gasteiger partial charge >= 0.3 is 6.09 Å². The van der Waals surface area contributed by atoms with E-state index in [1.807, 2.05) is 18.7 Å². The van der Waals surface area contributed by atoms with E-state index in [-0.39, 0.29) is 6.09 Å². The van der Waals surface area contributed by atoms with Gasteiger partial charge in [-0.2, -0.15) is 0 Å². The zero-order valence-electron chi connectivity index (χ0n) is 11.2. The first kappa shape index (κ1) is 14.0. The molecule has 0 aromatic heterocycles. The van der Waals surface area contributed by atoms with Gasteiger partial charge in [0.05, 0.1) is 6.61 Å². The van der Waals surface area contributed by atoms with Crippen LogP contribution in [0.3, 0.4) is 0 Å². The Balaban J connectivity index is 0.000000437. The number of hydrogen-bond donors (Lipinski definition) is 0. The van der Waals surface area contributed by atoms with Gasteiger partial charge in [-0.25, -0.2) is 4.79 Å². The van der Waals surface area contributed by atoms with Crippen LogP contribution in [-0.2, 0) is 4.74 Å². The van der Waals surface area contributed by atoms with Crippen molar-refractivity contribution >= 4 is 6.09 Å². The molecule has 0 N–H and O–H groups in total. The molecule has 1 spiro atoms. The monoisotopic (exact) mass is 240 g/mol. The third kappa shape index (κ3) is 3.46. The minimum atomic E-state index is -0.140. The summed E-state index contributed by atoms with van der Waals surface area (Å²) >= 11 is 0. The second kappa shape index (κ2) is 6.05. The molecule has 98 valence electrons. The molecule has 2 heterocycles. The van der Waals surface area contributed by atoms with E-state index < -0.39 is 0 Å². The van der Waals surface area contributed by atoms with Crippen molar-refractivity contribution in [2.75, 3.05) is 39.8 Å². The quantitative estimate of drug-likeness (QED) is 0.657. The lowest BCUT2D eigenvalue weighted by Gasteiger charge is -2.45. The Bertz CT molecular complexity index is 273. The largest absolute Gasteiger partial charge is 0.450 e. The minimum absolute atomic E-state index is 0.140. The summed E-state index contributed by atoms with van der Waals surface area (Å²) in [6.07, 6.45) is 2.75. The highest BCUT2D eigenvalue weighted by molar-refractivity contribution is 5.68. The third-order valence-corrected chi connectivity index (χ3v) is 3.17. The molecular formula is C13H24N2O2. The number of likely N-dealkylation sites (tertiary alicyclic amines) is 2. The van der Waals surface area contributed by atoms with Crippen LogP contribution in [0.5, 0.6) is 0 Å². The van der Waals surface area contributed by atoms with E-state index in [9.17, 15) is 4.79 Å². The number of rotatable bonds is 1.